The Morgan fingerprint density at radius 2 is 2.10 bits per heavy atom. The molecule has 30 heavy (non-hydrogen) atoms. The summed E-state index contributed by atoms with van der Waals surface area (Å²) < 4.78 is 20.5. The van der Waals surface area contributed by atoms with Crippen LogP contribution in [0.4, 0.5) is 10.1 Å². The highest BCUT2D eigenvalue weighted by Crippen LogP contribution is 2.40. The average Bonchev–Trinajstić information content (AvgIpc) is 3.34. The summed E-state index contributed by atoms with van der Waals surface area (Å²) in [6, 6.07) is 8.43. The number of pyridine rings is 1. The Hall–Kier alpha value is -3.55. The van der Waals surface area contributed by atoms with Crippen LogP contribution in [-0.4, -0.2) is 25.4 Å². The number of hydrogen-bond acceptors (Lipinski definition) is 5. The molecule has 8 heteroatoms. The number of benzene rings is 1. The normalized spacial score (nSPS) is 18.4. The number of imidazole rings is 1. The minimum Gasteiger partial charge on any atom is -0.339 e. The summed E-state index contributed by atoms with van der Waals surface area (Å²) in [7, 11) is 0. The SMILES string of the molecule is Cc1ccc(-c2noc(C3CC(C)C3)n2)cc1NC(=O)c1cnc2ccc(F)cn12. The number of aryl methyl sites for hydroxylation is 1. The third kappa shape index (κ3) is 3.24. The van der Waals surface area contributed by atoms with Crippen molar-refractivity contribution in [3.63, 3.8) is 0 Å². The van der Waals surface area contributed by atoms with Crippen LogP contribution in [0.3, 0.4) is 0 Å². The monoisotopic (exact) mass is 405 g/mol. The first-order chi connectivity index (χ1) is 14.5. The second kappa shape index (κ2) is 7.05. The van der Waals surface area contributed by atoms with Gasteiger partial charge in [-0.05, 0) is 49.4 Å². The fraction of sp³-hybridized carbons (Fsp3) is 0.273. The van der Waals surface area contributed by atoms with Gasteiger partial charge in [0, 0.05) is 23.4 Å². The summed E-state index contributed by atoms with van der Waals surface area (Å²) in [4.78, 5) is 21.5. The van der Waals surface area contributed by atoms with Crippen LogP contribution < -0.4 is 5.32 Å². The minimum absolute atomic E-state index is 0.246. The maximum absolute atomic E-state index is 13.6. The van der Waals surface area contributed by atoms with E-state index in [1.54, 1.807) is 0 Å². The van der Waals surface area contributed by atoms with Crippen LogP contribution in [0, 0.1) is 18.7 Å². The van der Waals surface area contributed by atoms with Gasteiger partial charge in [-0.25, -0.2) is 9.37 Å². The molecule has 1 aromatic carbocycles. The molecule has 0 radical (unpaired) electrons. The zero-order valence-electron chi connectivity index (χ0n) is 16.6. The number of rotatable bonds is 4. The fourth-order valence-corrected chi connectivity index (χ4v) is 3.83. The molecule has 0 spiro atoms. The zero-order valence-corrected chi connectivity index (χ0v) is 16.6. The second-order valence-corrected chi connectivity index (χ2v) is 7.93. The van der Waals surface area contributed by atoms with E-state index in [9.17, 15) is 9.18 Å². The van der Waals surface area contributed by atoms with Gasteiger partial charge in [-0.2, -0.15) is 4.98 Å². The van der Waals surface area contributed by atoms with Crippen molar-refractivity contribution < 1.29 is 13.7 Å². The van der Waals surface area contributed by atoms with Crippen LogP contribution in [0.1, 0.15) is 47.6 Å². The van der Waals surface area contributed by atoms with Gasteiger partial charge in [0.1, 0.15) is 17.2 Å². The van der Waals surface area contributed by atoms with E-state index in [0.717, 1.165) is 24.0 Å². The fourth-order valence-electron chi connectivity index (χ4n) is 3.83. The standard InChI is InChI=1S/C22H20FN5O2/c1-12-7-15(8-12)22-26-20(27-30-22)14-4-3-13(2)17(9-14)25-21(29)18-10-24-19-6-5-16(23)11-28(18)19/h3-6,9-12,15H,7-8H2,1-2H3,(H,25,29). The van der Waals surface area contributed by atoms with Crippen molar-refractivity contribution in [2.24, 2.45) is 5.92 Å². The van der Waals surface area contributed by atoms with E-state index in [4.69, 9.17) is 4.52 Å². The number of carbonyl (C=O) groups is 1. The first-order valence-electron chi connectivity index (χ1n) is 9.86. The Labute approximate surface area is 171 Å². The first-order valence-corrected chi connectivity index (χ1v) is 9.86. The first kappa shape index (κ1) is 18.5. The summed E-state index contributed by atoms with van der Waals surface area (Å²) in [5, 5.41) is 6.99. The highest BCUT2D eigenvalue weighted by Gasteiger charge is 2.31. The average molecular weight is 405 g/mol. The highest BCUT2D eigenvalue weighted by molar-refractivity contribution is 6.04. The lowest BCUT2D eigenvalue weighted by atomic mass is 9.76. The van der Waals surface area contributed by atoms with Crippen molar-refractivity contribution in [3.8, 4) is 11.4 Å². The van der Waals surface area contributed by atoms with Gasteiger partial charge < -0.3 is 9.84 Å². The van der Waals surface area contributed by atoms with Crippen molar-refractivity contribution >= 4 is 17.2 Å². The minimum atomic E-state index is -0.443. The lowest BCUT2D eigenvalue weighted by molar-refractivity contribution is 0.102. The number of nitrogens with zero attached hydrogens (tertiary/aromatic N) is 4. The van der Waals surface area contributed by atoms with E-state index < -0.39 is 5.82 Å². The van der Waals surface area contributed by atoms with E-state index in [0.29, 0.717) is 34.9 Å². The van der Waals surface area contributed by atoms with Crippen molar-refractivity contribution in [2.75, 3.05) is 5.32 Å². The second-order valence-electron chi connectivity index (χ2n) is 7.93. The van der Waals surface area contributed by atoms with Gasteiger partial charge in [0.15, 0.2) is 0 Å². The lowest BCUT2D eigenvalue weighted by Crippen LogP contribution is -2.19. The molecule has 0 saturated heterocycles. The van der Waals surface area contributed by atoms with Crippen molar-refractivity contribution in [2.45, 2.75) is 32.6 Å². The third-order valence-corrected chi connectivity index (χ3v) is 5.61. The van der Waals surface area contributed by atoms with Crippen LogP contribution in [0.25, 0.3) is 17.0 Å². The molecule has 1 aliphatic carbocycles. The molecule has 1 amide bonds. The van der Waals surface area contributed by atoms with Gasteiger partial charge in [0.05, 0.1) is 6.20 Å². The molecule has 0 unspecified atom stereocenters. The zero-order chi connectivity index (χ0) is 20.8. The lowest BCUT2D eigenvalue weighted by Gasteiger charge is -2.29. The van der Waals surface area contributed by atoms with E-state index in [-0.39, 0.29) is 11.6 Å². The summed E-state index contributed by atoms with van der Waals surface area (Å²) in [6.45, 7) is 4.10. The van der Waals surface area contributed by atoms with E-state index >= 15 is 0 Å². The molecule has 1 aliphatic rings. The Balaban J connectivity index is 1.41. The van der Waals surface area contributed by atoms with Crippen LogP contribution in [-0.2, 0) is 0 Å². The van der Waals surface area contributed by atoms with Gasteiger partial charge in [-0.3, -0.25) is 9.20 Å². The van der Waals surface area contributed by atoms with Crippen molar-refractivity contribution in [1.29, 1.82) is 0 Å². The predicted octanol–water partition coefficient (Wildman–Crippen LogP) is 4.60. The van der Waals surface area contributed by atoms with Gasteiger partial charge in [0.2, 0.25) is 11.7 Å². The van der Waals surface area contributed by atoms with E-state index in [2.05, 4.69) is 27.4 Å². The smallest absolute Gasteiger partial charge is 0.274 e. The quantitative estimate of drug-likeness (QED) is 0.536. The molecule has 1 fully saturated rings. The molecular weight excluding hydrogens is 385 g/mol. The Morgan fingerprint density at radius 1 is 1.27 bits per heavy atom. The molecule has 1 saturated carbocycles. The number of halogens is 1. The number of carbonyl (C=O) groups excluding carboxylic acids is 1. The summed E-state index contributed by atoms with van der Waals surface area (Å²) >= 11 is 0. The number of aromatic nitrogens is 4. The van der Waals surface area contributed by atoms with E-state index in [1.807, 2.05) is 25.1 Å². The number of hydrogen-bond donors (Lipinski definition) is 1. The van der Waals surface area contributed by atoms with Gasteiger partial charge in [-0.15, -0.1) is 0 Å². The summed E-state index contributed by atoms with van der Waals surface area (Å²) in [5.41, 5.74) is 2.99. The molecule has 0 bridgehead atoms. The van der Waals surface area contributed by atoms with Crippen molar-refractivity contribution in [3.05, 3.63) is 65.7 Å². The number of nitrogens with one attached hydrogen (secondary N) is 1. The van der Waals surface area contributed by atoms with Crippen molar-refractivity contribution in [1.82, 2.24) is 19.5 Å². The van der Waals surface area contributed by atoms with Crippen LogP contribution in [0.15, 0.2) is 47.2 Å². The molecule has 3 aromatic heterocycles. The van der Waals surface area contributed by atoms with Gasteiger partial charge >= 0.3 is 0 Å². The van der Waals surface area contributed by atoms with Crippen LogP contribution in [0.5, 0.6) is 0 Å². The Bertz CT molecular complexity index is 1260. The topological polar surface area (TPSA) is 85.3 Å². The molecule has 4 aromatic rings. The van der Waals surface area contributed by atoms with E-state index in [1.165, 1.54) is 28.9 Å². The molecule has 1 N–H and O–H groups in total. The molecule has 3 heterocycles. The Morgan fingerprint density at radius 3 is 2.90 bits per heavy atom. The van der Waals surface area contributed by atoms with Crippen LogP contribution >= 0.6 is 0 Å². The molecule has 5 rings (SSSR count). The van der Waals surface area contributed by atoms with Gasteiger partial charge in [0.25, 0.3) is 5.91 Å². The maximum atomic E-state index is 13.6. The number of anilines is 1. The molecule has 152 valence electrons. The van der Waals surface area contributed by atoms with Gasteiger partial charge in [-0.1, -0.05) is 24.2 Å². The Kier molecular flexibility index (Phi) is 4.34. The largest absolute Gasteiger partial charge is 0.339 e. The highest BCUT2D eigenvalue weighted by atomic mass is 19.1. The maximum Gasteiger partial charge on any atom is 0.274 e. The predicted molar refractivity (Wildman–Crippen MR) is 109 cm³/mol. The molecule has 0 atom stereocenters. The summed E-state index contributed by atoms with van der Waals surface area (Å²) in [5.74, 6) is 1.37. The third-order valence-electron chi connectivity index (χ3n) is 5.61. The number of fused-ring (bicyclic) bond motifs is 1. The molecule has 0 aliphatic heterocycles. The molecular formula is C22H20FN5O2. The van der Waals surface area contributed by atoms with Crippen LogP contribution in [0.2, 0.25) is 0 Å². The summed E-state index contributed by atoms with van der Waals surface area (Å²) in [6.07, 6.45) is 4.80. The molecule has 7 nitrogen and oxygen atoms in total. The number of amides is 1.